The van der Waals surface area contributed by atoms with Crippen LogP contribution in [0, 0.1) is 11.7 Å². The molecule has 162 valence electrons. The molecule has 0 spiro atoms. The molecule has 0 radical (unpaired) electrons. The maximum absolute atomic E-state index is 14.3. The lowest BCUT2D eigenvalue weighted by atomic mass is 9.97. The summed E-state index contributed by atoms with van der Waals surface area (Å²) in [6, 6.07) is 4.33. The minimum atomic E-state index is -1.28. The smallest absolute Gasteiger partial charge is 0.350 e. The Kier molecular flexibility index (Phi) is 7.14. The van der Waals surface area contributed by atoms with E-state index in [0.29, 0.717) is 25.4 Å². The second-order valence-electron chi connectivity index (χ2n) is 8.80. The molecule has 29 heavy (non-hydrogen) atoms. The molecule has 0 bridgehead atoms. The zero-order valence-electron chi connectivity index (χ0n) is 18.2. The molecule has 0 aliphatic carbocycles. The number of esters is 2. The molecule has 1 aromatic carbocycles. The summed E-state index contributed by atoms with van der Waals surface area (Å²) >= 11 is 0. The summed E-state index contributed by atoms with van der Waals surface area (Å²) < 4.78 is 30.6. The summed E-state index contributed by atoms with van der Waals surface area (Å²) in [4.78, 5) is 26.5. The SMILES string of the molecule is CCOC(=O)[C@@H]1CCCN(c2cc(F)cc(OC(C)(C)C(=O)OC(C)(C)C)c2)C1. The number of benzene rings is 1. The third-order valence-electron chi connectivity index (χ3n) is 4.53. The van der Waals surface area contributed by atoms with E-state index in [1.807, 2.05) is 4.90 Å². The highest BCUT2D eigenvalue weighted by atomic mass is 19.1. The Morgan fingerprint density at radius 1 is 1.17 bits per heavy atom. The first-order valence-corrected chi connectivity index (χ1v) is 10.1. The van der Waals surface area contributed by atoms with Crippen LogP contribution in [0.15, 0.2) is 18.2 Å². The lowest BCUT2D eigenvalue weighted by Gasteiger charge is -2.34. The van der Waals surface area contributed by atoms with E-state index in [4.69, 9.17) is 14.2 Å². The summed E-state index contributed by atoms with van der Waals surface area (Å²) in [5.41, 5.74) is -1.33. The van der Waals surface area contributed by atoms with Crippen molar-refractivity contribution in [3.63, 3.8) is 0 Å². The van der Waals surface area contributed by atoms with Gasteiger partial charge in [0.05, 0.1) is 12.5 Å². The fourth-order valence-electron chi connectivity index (χ4n) is 3.19. The number of hydrogen-bond donors (Lipinski definition) is 0. The molecule has 0 amide bonds. The van der Waals surface area contributed by atoms with Crippen LogP contribution in [0.1, 0.15) is 54.4 Å². The summed E-state index contributed by atoms with van der Waals surface area (Å²) in [7, 11) is 0. The number of halogens is 1. The van der Waals surface area contributed by atoms with Crippen molar-refractivity contribution in [3.05, 3.63) is 24.0 Å². The van der Waals surface area contributed by atoms with Crippen molar-refractivity contribution in [2.24, 2.45) is 5.92 Å². The van der Waals surface area contributed by atoms with Crippen LogP contribution in [0.2, 0.25) is 0 Å². The lowest BCUT2D eigenvalue weighted by Crippen LogP contribution is -2.43. The predicted molar refractivity (Wildman–Crippen MR) is 109 cm³/mol. The minimum Gasteiger partial charge on any atom is -0.476 e. The van der Waals surface area contributed by atoms with Crippen molar-refractivity contribution >= 4 is 17.6 Å². The van der Waals surface area contributed by atoms with Gasteiger partial charge < -0.3 is 19.1 Å². The van der Waals surface area contributed by atoms with Gasteiger partial charge in [-0.15, -0.1) is 0 Å². The van der Waals surface area contributed by atoms with Gasteiger partial charge in [0.25, 0.3) is 0 Å². The summed E-state index contributed by atoms with van der Waals surface area (Å²) in [6.45, 7) is 11.8. The van der Waals surface area contributed by atoms with Gasteiger partial charge in [-0.3, -0.25) is 4.79 Å². The number of rotatable bonds is 6. The van der Waals surface area contributed by atoms with Gasteiger partial charge in [-0.1, -0.05) is 0 Å². The fraction of sp³-hybridized carbons (Fsp3) is 0.636. The topological polar surface area (TPSA) is 65.1 Å². The number of hydrogen-bond acceptors (Lipinski definition) is 6. The van der Waals surface area contributed by atoms with Crippen LogP contribution in [0.4, 0.5) is 10.1 Å². The quantitative estimate of drug-likeness (QED) is 0.659. The Hall–Kier alpha value is -2.31. The Bertz CT molecular complexity index is 741. The minimum absolute atomic E-state index is 0.226. The van der Waals surface area contributed by atoms with Crippen LogP contribution in [0.3, 0.4) is 0 Å². The van der Waals surface area contributed by atoms with Gasteiger partial charge >= 0.3 is 11.9 Å². The molecule has 0 saturated carbocycles. The van der Waals surface area contributed by atoms with Gasteiger partial charge in [-0.25, -0.2) is 9.18 Å². The molecule has 6 nitrogen and oxygen atoms in total. The van der Waals surface area contributed by atoms with Gasteiger partial charge in [0.1, 0.15) is 17.2 Å². The van der Waals surface area contributed by atoms with Crippen molar-refractivity contribution in [1.29, 1.82) is 0 Å². The molecular weight excluding hydrogens is 377 g/mol. The van der Waals surface area contributed by atoms with Crippen LogP contribution in [-0.2, 0) is 19.1 Å². The van der Waals surface area contributed by atoms with Crippen molar-refractivity contribution in [2.45, 2.75) is 65.6 Å². The first kappa shape index (κ1) is 23.0. The van der Waals surface area contributed by atoms with E-state index >= 15 is 0 Å². The molecule has 1 atom stereocenters. The van der Waals surface area contributed by atoms with E-state index in [9.17, 15) is 14.0 Å². The van der Waals surface area contributed by atoms with E-state index in [-0.39, 0.29) is 17.6 Å². The number of ether oxygens (including phenoxy) is 3. The highest BCUT2D eigenvalue weighted by Gasteiger charge is 2.35. The normalized spacial score (nSPS) is 17.6. The Balaban J connectivity index is 2.17. The third kappa shape index (κ3) is 6.61. The second kappa shape index (κ2) is 9.01. The highest BCUT2D eigenvalue weighted by Crippen LogP contribution is 2.30. The molecule has 1 saturated heterocycles. The number of carbonyl (C=O) groups excluding carboxylic acids is 2. The predicted octanol–water partition coefficient (Wildman–Crippen LogP) is 4.10. The maximum atomic E-state index is 14.3. The number of carbonyl (C=O) groups is 2. The van der Waals surface area contributed by atoms with Crippen LogP contribution >= 0.6 is 0 Å². The number of piperidine rings is 1. The molecule has 2 rings (SSSR count). The average Bonchev–Trinajstić information content (AvgIpc) is 2.59. The monoisotopic (exact) mass is 409 g/mol. The van der Waals surface area contributed by atoms with Crippen molar-refractivity contribution < 1.29 is 28.2 Å². The highest BCUT2D eigenvalue weighted by molar-refractivity contribution is 5.79. The zero-order chi connectivity index (χ0) is 21.8. The largest absolute Gasteiger partial charge is 0.476 e. The molecule has 0 aromatic heterocycles. The van der Waals surface area contributed by atoms with Crippen molar-refractivity contribution in [1.82, 2.24) is 0 Å². The Labute approximate surface area is 172 Å². The molecule has 7 heteroatoms. The second-order valence-corrected chi connectivity index (χ2v) is 8.80. The molecular formula is C22H32FNO5. The van der Waals surface area contributed by atoms with Crippen molar-refractivity contribution in [3.8, 4) is 5.75 Å². The standard InChI is InChI=1S/C22H32FNO5/c1-7-27-19(25)15-9-8-10-24(14-15)17-11-16(23)12-18(13-17)28-22(5,6)20(26)29-21(2,3)4/h11-13,15H,7-10,14H2,1-6H3/t15-/m1/s1. The first-order valence-electron chi connectivity index (χ1n) is 10.1. The molecule has 1 aliphatic heterocycles. The number of nitrogens with zero attached hydrogens (tertiary/aromatic N) is 1. The summed E-state index contributed by atoms with van der Waals surface area (Å²) in [5.74, 6) is -1.24. The fourth-order valence-corrected chi connectivity index (χ4v) is 3.19. The number of anilines is 1. The van der Waals surface area contributed by atoms with Crippen LogP contribution in [0.5, 0.6) is 5.75 Å². The Morgan fingerprint density at radius 2 is 1.86 bits per heavy atom. The molecule has 0 N–H and O–H groups in total. The van der Waals surface area contributed by atoms with Gasteiger partial charge in [0, 0.05) is 30.9 Å². The Morgan fingerprint density at radius 3 is 2.48 bits per heavy atom. The first-order chi connectivity index (χ1) is 13.4. The van der Waals surface area contributed by atoms with E-state index < -0.39 is 23.0 Å². The van der Waals surface area contributed by atoms with Crippen LogP contribution < -0.4 is 9.64 Å². The van der Waals surface area contributed by atoms with Gasteiger partial charge in [0.2, 0.25) is 0 Å². The van der Waals surface area contributed by atoms with Gasteiger partial charge in [0.15, 0.2) is 5.60 Å². The summed E-state index contributed by atoms with van der Waals surface area (Å²) in [6.07, 6.45) is 1.55. The van der Waals surface area contributed by atoms with E-state index in [1.165, 1.54) is 12.1 Å². The third-order valence-corrected chi connectivity index (χ3v) is 4.53. The van der Waals surface area contributed by atoms with Gasteiger partial charge in [-0.2, -0.15) is 0 Å². The molecule has 0 unspecified atom stereocenters. The summed E-state index contributed by atoms with van der Waals surface area (Å²) in [5, 5.41) is 0. The lowest BCUT2D eigenvalue weighted by molar-refractivity contribution is -0.171. The van der Waals surface area contributed by atoms with E-state index in [1.54, 1.807) is 47.6 Å². The van der Waals surface area contributed by atoms with Crippen LogP contribution in [0.25, 0.3) is 0 Å². The molecule has 1 aliphatic rings. The van der Waals surface area contributed by atoms with Crippen molar-refractivity contribution in [2.75, 3.05) is 24.6 Å². The van der Waals surface area contributed by atoms with Crippen LogP contribution in [-0.4, -0.2) is 42.8 Å². The van der Waals surface area contributed by atoms with E-state index in [0.717, 1.165) is 12.8 Å². The van der Waals surface area contributed by atoms with E-state index in [2.05, 4.69) is 0 Å². The zero-order valence-corrected chi connectivity index (χ0v) is 18.2. The molecule has 1 aromatic rings. The molecule has 1 fully saturated rings. The molecule has 1 heterocycles. The average molecular weight is 409 g/mol. The maximum Gasteiger partial charge on any atom is 0.350 e. The van der Waals surface area contributed by atoms with Gasteiger partial charge in [-0.05, 0) is 60.5 Å².